The van der Waals surface area contributed by atoms with Crippen molar-refractivity contribution >= 4 is 28.4 Å². The lowest BCUT2D eigenvalue weighted by Crippen LogP contribution is -2.08. The highest BCUT2D eigenvalue weighted by Crippen LogP contribution is 2.37. The molecule has 2 heterocycles. The van der Waals surface area contributed by atoms with Gasteiger partial charge < -0.3 is 5.32 Å². The van der Waals surface area contributed by atoms with Gasteiger partial charge in [-0.15, -0.1) is 0 Å². The molecular weight excluding hydrogens is 363 g/mol. The summed E-state index contributed by atoms with van der Waals surface area (Å²) in [5.74, 6) is 2.30. The van der Waals surface area contributed by atoms with Crippen molar-refractivity contribution in [2.24, 2.45) is 0 Å². The summed E-state index contributed by atoms with van der Waals surface area (Å²) in [7, 11) is 1.92. The van der Waals surface area contributed by atoms with Crippen LogP contribution in [-0.2, 0) is 0 Å². The second kappa shape index (κ2) is 6.03. The van der Waals surface area contributed by atoms with Gasteiger partial charge in [-0.2, -0.15) is 0 Å². The Morgan fingerprint density at radius 2 is 1.85 bits per heavy atom. The van der Waals surface area contributed by atoms with Gasteiger partial charge in [-0.05, 0) is 47.6 Å². The van der Waals surface area contributed by atoms with Gasteiger partial charge in [0.05, 0.1) is 9.26 Å². The SMILES string of the molecule is CNc1nc(-c2ccncc2)nc(C2CCCC2)c1I. The summed E-state index contributed by atoms with van der Waals surface area (Å²) in [6.07, 6.45) is 8.67. The summed E-state index contributed by atoms with van der Waals surface area (Å²) in [5.41, 5.74) is 2.22. The van der Waals surface area contributed by atoms with E-state index in [1.54, 1.807) is 12.4 Å². The summed E-state index contributed by atoms with van der Waals surface area (Å²) in [6.45, 7) is 0. The number of halogens is 1. The molecule has 0 atom stereocenters. The van der Waals surface area contributed by atoms with Crippen LogP contribution in [0.2, 0.25) is 0 Å². The number of anilines is 1. The molecule has 0 aliphatic heterocycles. The Kier molecular flexibility index (Phi) is 4.14. The lowest BCUT2D eigenvalue weighted by atomic mass is 10.0. The van der Waals surface area contributed by atoms with Crippen LogP contribution in [0.25, 0.3) is 11.4 Å². The third kappa shape index (κ3) is 2.63. The normalized spacial score (nSPS) is 15.5. The first-order valence-electron chi connectivity index (χ1n) is 6.95. The number of hydrogen-bond acceptors (Lipinski definition) is 4. The van der Waals surface area contributed by atoms with Gasteiger partial charge in [0.25, 0.3) is 0 Å². The van der Waals surface area contributed by atoms with Gasteiger partial charge in [0.2, 0.25) is 0 Å². The van der Waals surface area contributed by atoms with Crippen molar-refractivity contribution < 1.29 is 0 Å². The fourth-order valence-electron chi connectivity index (χ4n) is 2.73. The molecule has 3 rings (SSSR count). The third-order valence-corrected chi connectivity index (χ3v) is 4.86. The molecule has 1 aliphatic carbocycles. The highest BCUT2D eigenvalue weighted by Gasteiger charge is 2.23. The van der Waals surface area contributed by atoms with Crippen molar-refractivity contribution in [1.29, 1.82) is 0 Å². The van der Waals surface area contributed by atoms with E-state index >= 15 is 0 Å². The minimum Gasteiger partial charge on any atom is -0.372 e. The molecule has 1 aliphatic rings. The Bertz CT molecular complexity index is 594. The average Bonchev–Trinajstić information content (AvgIpc) is 3.02. The van der Waals surface area contributed by atoms with Crippen LogP contribution in [0, 0.1) is 3.57 Å². The van der Waals surface area contributed by atoms with E-state index < -0.39 is 0 Å². The minimum absolute atomic E-state index is 0.581. The van der Waals surface area contributed by atoms with Crippen LogP contribution < -0.4 is 5.32 Å². The summed E-state index contributed by atoms with van der Waals surface area (Å²) >= 11 is 2.37. The van der Waals surface area contributed by atoms with Crippen LogP contribution in [0.5, 0.6) is 0 Å². The molecule has 5 heteroatoms. The number of hydrogen-bond donors (Lipinski definition) is 1. The summed E-state index contributed by atoms with van der Waals surface area (Å²) in [4.78, 5) is 13.5. The van der Waals surface area contributed by atoms with Gasteiger partial charge in [0.15, 0.2) is 5.82 Å². The second-order valence-corrected chi connectivity index (χ2v) is 6.14. The molecule has 0 spiro atoms. The molecule has 1 fully saturated rings. The van der Waals surface area contributed by atoms with Gasteiger partial charge >= 0.3 is 0 Å². The Balaban J connectivity index is 2.09. The van der Waals surface area contributed by atoms with Crippen LogP contribution in [0.15, 0.2) is 24.5 Å². The van der Waals surface area contributed by atoms with Crippen molar-refractivity contribution in [2.45, 2.75) is 31.6 Å². The van der Waals surface area contributed by atoms with E-state index in [9.17, 15) is 0 Å². The first-order chi connectivity index (χ1) is 9.79. The summed E-state index contributed by atoms with van der Waals surface area (Å²) < 4.78 is 1.16. The number of rotatable bonds is 3. The Morgan fingerprint density at radius 3 is 2.50 bits per heavy atom. The molecule has 0 aromatic carbocycles. The summed E-state index contributed by atoms with van der Waals surface area (Å²) in [6, 6.07) is 3.92. The van der Waals surface area contributed by atoms with E-state index in [4.69, 9.17) is 4.98 Å². The Hall–Kier alpha value is -1.24. The lowest BCUT2D eigenvalue weighted by molar-refractivity contribution is 0.691. The van der Waals surface area contributed by atoms with E-state index in [1.165, 1.54) is 31.4 Å². The second-order valence-electron chi connectivity index (χ2n) is 5.06. The molecule has 104 valence electrons. The average molecular weight is 380 g/mol. The van der Waals surface area contributed by atoms with Gasteiger partial charge in [0.1, 0.15) is 5.82 Å². The molecule has 1 N–H and O–H groups in total. The first kappa shape index (κ1) is 13.7. The van der Waals surface area contributed by atoms with Crippen molar-refractivity contribution in [1.82, 2.24) is 15.0 Å². The van der Waals surface area contributed by atoms with Crippen LogP contribution in [0.3, 0.4) is 0 Å². The molecule has 20 heavy (non-hydrogen) atoms. The van der Waals surface area contributed by atoms with Crippen molar-refractivity contribution in [3.63, 3.8) is 0 Å². The van der Waals surface area contributed by atoms with Gasteiger partial charge in [-0.1, -0.05) is 12.8 Å². The van der Waals surface area contributed by atoms with Gasteiger partial charge in [-0.3, -0.25) is 4.98 Å². The predicted molar refractivity (Wildman–Crippen MR) is 88.7 cm³/mol. The zero-order valence-corrected chi connectivity index (χ0v) is 13.6. The van der Waals surface area contributed by atoms with Crippen LogP contribution in [-0.4, -0.2) is 22.0 Å². The van der Waals surface area contributed by atoms with Crippen molar-refractivity contribution in [3.05, 3.63) is 33.8 Å². The molecule has 2 aromatic rings. The molecule has 0 bridgehead atoms. The third-order valence-electron chi connectivity index (χ3n) is 3.79. The largest absolute Gasteiger partial charge is 0.372 e. The van der Waals surface area contributed by atoms with E-state index in [0.717, 1.165) is 20.8 Å². The maximum Gasteiger partial charge on any atom is 0.161 e. The Morgan fingerprint density at radius 1 is 1.15 bits per heavy atom. The maximum absolute atomic E-state index is 4.85. The fourth-order valence-corrected chi connectivity index (χ4v) is 3.68. The molecular formula is C15H17IN4. The molecule has 4 nitrogen and oxygen atoms in total. The van der Waals surface area contributed by atoms with Crippen molar-refractivity contribution in [3.8, 4) is 11.4 Å². The molecule has 0 amide bonds. The van der Waals surface area contributed by atoms with E-state index in [1.807, 2.05) is 19.2 Å². The highest BCUT2D eigenvalue weighted by molar-refractivity contribution is 14.1. The van der Waals surface area contributed by atoms with Crippen LogP contribution in [0.1, 0.15) is 37.3 Å². The van der Waals surface area contributed by atoms with Crippen molar-refractivity contribution in [2.75, 3.05) is 12.4 Å². The summed E-state index contributed by atoms with van der Waals surface area (Å²) in [5, 5.41) is 3.20. The molecule has 2 aromatic heterocycles. The van der Waals surface area contributed by atoms with E-state index in [0.29, 0.717) is 5.92 Å². The fraction of sp³-hybridized carbons (Fsp3) is 0.400. The number of nitrogens with zero attached hydrogens (tertiary/aromatic N) is 3. The van der Waals surface area contributed by atoms with Crippen LogP contribution in [0.4, 0.5) is 5.82 Å². The minimum atomic E-state index is 0.581. The number of aromatic nitrogens is 3. The zero-order chi connectivity index (χ0) is 13.9. The van der Waals surface area contributed by atoms with Gasteiger partial charge in [-0.25, -0.2) is 9.97 Å². The topological polar surface area (TPSA) is 50.7 Å². The first-order valence-corrected chi connectivity index (χ1v) is 8.03. The molecule has 0 saturated heterocycles. The van der Waals surface area contributed by atoms with Crippen LogP contribution >= 0.6 is 22.6 Å². The standard InChI is InChI=1S/C15H17IN4/c1-17-15-12(16)13(10-4-2-3-5-10)19-14(20-15)11-6-8-18-9-7-11/h6-10H,2-5H2,1H3,(H,17,19,20). The smallest absolute Gasteiger partial charge is 0.161 e. The Labute approximate surface area is 132 Å². The van der Waals surface area contributed by atoms with E-state index in [2.05, 4.69) is 37.9 Å². The monoisotopic (exact) mass is 380 g/mol. The molecule has 0 radical (unpaired) electrons. The van der Waals surface area contributed by atoms with E-state index in [-0.39, 0.29) is 0 Å². The highest BCUT2D eigenvalue weighted by atomic mass is 127. The maximum atomic E-state index is 4.85. The van der Waals surface area contributed by atoms with Gasteiger partial charge in [0, 0.05) is 30.9 Å². The predicted octanol–water partition coefficient (Wildman–Crippen LogP) is 3.84. The molecule has 0 unspecified atom stereocenters. The quantitative estimate of drug-likeness (QED) is 0.823. The number of pyridine rings is 1. The molecule has 1 saturated carbocycles. The zero-order valence-electron chi connectivity index (χ0n) is 11.4. The lowest BCUT2D eigenvalue weighted by Gasteiger charge is -2.15. The number of nitrogens with one attached hydrogen (secondary N) is 1.